The van der Waals surface area contributed by atoms with E-state index in [-0.39, 0.29) is 0 Å². The fourth-order valence-corrected chi connectivity index (χ4v) is 2.34. The third kappa shape index (κ3) is 2.38. The van der Waals surface area contributed by atoms with Crippen LogP contribution in [0.1, 0.15) is 24.0 Å². The van der Waals surface area contributed by atoms with Gasteiger partial charge in [-0.2, -0.15) is 0 Å². The van der Waals surface area contributed by atoms with Crippen LogP contribution in [0.3, 0.4) is 0 Å². The molecule has 0 heterocycles. The first kappa shape index (κ1) is 11.5. The Labute approximate surface area is 98.4 Å². The number of nitrogens with one attached hydrogen (secondary N) is 2. The molecule has 0 aliphatic heterocycles. The van der Waals surface area contributed by atoms with Crippen LogP contribution in [0.15, 0.2) is 18.2 Å². The predicted octanol–water partition coefficient (Wildman–Crippen LogP) is 2.71. The Kier molecular flexibility index (Phi) is 3.20. The van der Waals surface area contributed by atoms with E-state index in [9.17, 15) is 0 Å². The third-order valence-corrected chi connectivity index (χ3v) is 3.63. The lowest BCUT2D eigenvalue weighted by Crippen LogP contribution is -2.27. The van der Waals surface area contributed by atoms with Crippen LogP contribution >= 0.6 is 0 Å². The SMILES string of the molecule is CNCC1(CNc2c(C)cccc2C)CC1. The van der Waals surface area contributed by atoms with Crippen molar-refractivity contribution in [2.75, 3.05) is 25.5 Å². The topological polar surface area (TPSA) is 24.1 Å². The Bertz CT molecular complexity index is 347. The minimum atomic E-state index is 0.517. The van der Waals surface area contributed by atoms with Crippen molar-refractivity contribution in [1.82, 2.24) is 5.32 Å². The van der Waals surface area contributed by atoms with Gasteiger partial charge in [0.2, 0.25) is 0 Å². The minimum Gasteiger partial charge on any atom is -0.384 e. The van der Waals surface area contributed by atoms with Gasteiger partial charge in [-0.25, -0.2) is 0 Å². The number of para-hydroxylation sites is 1. The number of anilines is 1. The molecule has 1 aliphatic carbocycles. The monoisotopic (exact) mass is 218 g/mol. The summed E-state index contributed by atoms with van der Waals surface area (Å²) in [5.74, 6) is 0. The maximum Gasteiger partial charge on any atom is 0.0399 e. The van der Waals surface area contributed by atoms with Gasteiger partial charge in [-0.1, -0.05) is 18.2 Å². The van der Waals surface area contributed by atoms with Gasteiger partial charge in [0.15, 0.2) is 0 Å². The number of hydrogen-bond acceptors (Lipinski definition) is 2. The summed E-state index contributed by atoms with van der Waals surface area (Å²) in [6, 6.07) is 6.47. The first-order valence-electron chi connectivity index (χ1n) is 6.12. The van der Waals surface area contributed by atoms with Crippen LogP contribution in [-0.2, 0) is 0 Å². The van der Waals surface area contributed by atoms with Crippen LogP contribution < -0.4 is 10.6 Å². The Morgan fingerprint density at radius 1 is 1.12 bits per heavy atom. The van der Waals surface area contributed by atoms with Gasteiger partial charge in [0.1, 0.15) is 0 Å². The second-order valence-electron chi connectivity index (χ2n) is 5.15. The molecule has 88 valence electrons. The maximum atomic E-state index is 3.63. The fraction of sp³-hybridized carbons (Fsp3) is 0.571. The van der Waals surface area contributed by atoms with E-state index in [1.165, 1.54) is 29.7 Å². The third-order valence-electron chi connectivity index (χ3n) is 3.63. The lowest BCUT2D eigenvalue weighted by molar-refractivity contribution is 0.507. The highest BCUT2D eigenvalue weighted by Crippen LogP contribution is 2.45. The molecule has 1 saturated carbocycles. The molecule has 0 unspecified atom stereocenters. The van der Waals surface area contributed by atoms with Gasteiger partial charge in [-0.3, -0.25) is 0 Å². The van der Waals surface area contributed by atoms with Gasteiger partial charge >= 0.3 is 0 Å². The Morgan fingerprint density at radius 2 is 1.75 bits per heavy atom. The summed E-state index contributed by atoms with van der Waals surface area (Å²) in [5, 5.41) is 6.92. The Morgan fingerprint density at radius 3 is 2.25 bits per heavy atom. The molecule has 2 nitrogen and oxygen atoms in total. The fourth-order valence-electron chi connectivity index (χ4n) is 2.34. The predicted molar refractivity (Wildman–Crippen MR) is 70.0 cm³/mol. The summed E-state index contributed by atoms with van der Waals surface area (Å²) < 4.78 is 0. The van der Waals surface area contributed by atoms with Crippen LogP contribution in [0.4, 0.5) is 5.69 Å². The molecule has 2 heteroatoms. The molecule has 0 spiro atoms. The van der Waals surface area contributed by atoms with E-state index in [0.29, 0.717) is 5.41 Å². The average molecular weight is 218 g/mol. The van der Waals surface area contributed by atoms with Crippen LogP contribution in [0.2, 0.25) is 0 Å². The van der Waals surface area contributed by atoms with E-state index >= 15 is 0 Å². The molecular weight excluding hydrogens is 196 g/mol. The van der Waals surface area contributed by atoms with Gasteiger partial charge in [0.25, 0.3) is 0 Å². The zero-order valence-electron chi connectivity index (χ0n) is 10.6. The van der Waals surface area contributed by atoms with Crippen molar-refractivity contribution in [3.05, 3.63) is 29.3 Å². The molecule has 1 aromatic carbocycles. The van der Waals surface area contributed by atoms with E-state index in [1.807, 2.05) is 7.05 Å². The first-order valence-corrected chi connectivity index (χ1v) is 6.12. The van der Waals surface area contributed by atoms with Gasteiger partial charge < -0.3 is 10.6 Å². The molecule has 0 bridgehead atoms. The summed E-state index contributed by atoms with van der Waals surface area (Å²) >= 11 is 0. The van der Waals surface area contributed by atoms with E-state index in [4.69, 9.17) is 0 Å². The van der Waals surface area contributed by atoms with Gasteiger partial charge in [-0.15, -0.1) is 0 Å². The van der Waals surface area contributed by atoms with Crippen LogP contribution in [0.25, 0.3) is 0 Å². The van der Waals surface area contributed by atoms with Crippen LogP contribution in [-0.4, -0.2) is 20.1 Å². The van der Waals surface area contributed by atoms with Crippen molar-refractivity contribution < 1.29 is 0 Å². The van der Waals surface area contributed by atoms with Crippen molar-refractivity contribution >= 4 is 5.69 Å². The molecule has 0 atom stereocenters. The van der Waals surface area contributed by atoms with Gasteiger partial charge in [-0.05, 0) is 44.9 Å². The quantitative estimate of drug-likeness (QED) is 0.794. The molecule has 16 heavy (non-hydrogen) atoms. The number of hydrogen-bond donors (Lipinski definition) is 2. The summed E-state index contributed by atoms with van der Waals surface area (Å²) in [5.41, 5.74) is 4.54. The van der Waals surface area contributed by atoms with E-state index < -0.39 is 0 Å². The van der Waals surface area contributed by atoms with E-state index in [0.717, 1.165) is 13.1 Å². The second-order valence-corrected chi connectivity index (χ2v) is 5.15. The van der Waals surface area contributed by atoms with Crippen molar-refractivity contribution in [1.29, 1.82) is 0 Å². The van der Waals surface area contributed by atoms with Crippen molar-refractivity contribution in [2.24, 2.45) is 5.41 Å². The summed E-state index contributed by atoms with van der Waals surface area (Å²) in [4.78, 5) is 0. The molecule has 1 aromatic rings. The molecule has 2 rings (SSSR count). The zero-order valence-corrected chi connectivity index (χ0v) is 10.6. The average Bonchev–Trinajstić information content (AvgIpc) is 2.98. The smallest absolute Gasteiger partial charge is 0.0399 e. The summed E-state index contributed by atoms with van der Waals surface area (Å²) in [6.07, 6.45) is 2.71. The number of benzene rings is 1. The molecule has 0 aromatic heterocycles. The standard InChI is InChI=1S/C14H22N2/c1-11-5-4-6-12(2)13(11)16-10-14(7-8-14)9-15-3/h4-6,15-16H,7-10H2,1-3H3. The van der Waals surface area contributed by atoms with Crippen molar-refractivity contribution in [2.45, 2.75) is 26.7 Å². The lowest BCUT2D eigenvalue weighted by Gasteiger charge is -2.19. The highest BCUT2D eigenvalue weighted by molar-refractivity contribution is 5.56. The van der Waals surface area contributed by atoms with E-state index in [2.05, 4.69) is 42.7 Å². The number of aryl methyl sites for hydroxylation is 2. The van der Waals surface area contributed by atoms with Gasteiger partial charge in [0.05, 0.1) is 0 Å². The van der Waals surface area contributed by atoms with E-state index in [1.54, 1.807) is 0 Å². The van der Waals surface area contributed by atoms with Gasteiger partial charge in [0, 0.05) is 24.2 Å². The zero-order chi connectivity index (χ0) is 11.6. The highest BCUT2D eigenvalue weighted by atomic mass is 14.9. The normalized spacial score (nSPS) is 17.2. The largest absolute Gasteiger partial charge is 0.384 e. The highest BCUT2D eigenvalue weighted by Gasteiger charge is 2.41. The van der Waals surface area contributed by atoms with Crippen LogP contribution in [0, 0.1) is 19.3 Å². The molecule has 0 radical (unpaired) electrons. The lowest BCUT2D eigenvalue weighted by atomic mass is 10.1. The Balaban J connectivity index is 2.00. The van der Waals surface area contributed by atoms with Crippen molar-refractivity contribution in [3.8, 4) is 0 Å². The summed E-state index contributed by atoms with van der Waals surface area (Å²) in [7, 11) is 2.04. The maximum absolute atomic E-state index is 3.63. The number of rotatable bonds is 5. The van der Waals surface area contributed by atoms with Crippen molar-refractivity contribution in [3.63, 3.8) is 0 Å². The summed E-state index contributed by atoms with van der Waals surface area (Å²) in [6.45, 7) is 6.57. The molecule has 0 amide bonds. The molecule has 0 saturated heterocycles. The second kappa shape index (κ2) is 4.46. The molecular formula is C14H22N2. The Hall–Kier alpha value is -1.02. The first-order chi connectivity index (χ1) is 7.67. The molecule has 1 aliphatic rings. The minimum absolute atomic E-state index is 0.517. The molecule has 1 fully saturated rings. The molecule has 2 N–H and O–H groups in total. The van der Waals surface area contributed by atoms with Crippen LogP contribution in [0.5, 0.6) is 0 Å².